The van der Waals surface area contributed by atoms with Gasteiger partial charge in [-0.25, -0.2) is 0 Å². The molecule has 3 nitrogen and oxygen atoms in total. The van der Waals surface area contributed by atoms with Crippen LogP contribution in [0.1, 0.15) is 42.9 Å². The Morgan fingerprint density at radius 1 is 1.00 bits per heavy atom. The molecule has 0 atom stereocenters. The van der Waals surface area contributed by atoms with E-state index in [0.717, 1.165) is 17.6 Å². The van der Waals surface area contributed by atoms with Gasteiger partial charge in [-0.2, -0.15) is 10.5 Å². The number of rotatable bonds is 2. The van der Waals surface area contributed by atoms with Gasteiger partial charge in [-0.1, -0.05) is 23.8 Å². The molecule has 0 fully saturated rings. The summed E-state index contributed by atoms with van der Waals surface area (Å²) in [6.07, 6.45) is 13.9. The maximum Gasteiger partial charge on any atom is 0.136 e. The highest BCUT2D eigenvalue weighted by Crippen LogP contribution is 2.36. The third-order valence-corrected chi connectivity index (χ3v) is 5.58. The molecule has 0 saturated heterocycles. The number of allylic oxidation sites excluding steroid dienone is 7. The predicted molar refractivity (Wildman–Crippen MR) is 109 cm³/mol. The first-order valence-electron chi connectivity index (χ1n) is 9.69. The van der Waals surface area contributed by atoms with Crippen LogP contribution in [0.2, 0.25) is 0 Å². The van der Waals surface area contributed by atoms with E-state index in [-0.39, 0.29) is 5.57 Å². The van der Waals surface area contributed by atoms with E-state index in [4.69, 9.17) is 10.5 Å². The largest absolute Gasteiger partial charge is 0.371 e. The van der Waals surface area contributed by atoms with Crippen LogP contribution in [-0.4, -0.2) is 13.1 Å². The normalized spacial score (nSPS) is 18.3. The molecule has 0 spiro atoms. The molecular formula is C24H23N3. The van der Waals surface area contributed by atoms with E-state index < -0.39 is 0 Å². The van der Waals surface area contributed by atoms with Crippen molar-refractivity contribution in [2.75, 3.05) is 18.0 Å². The van der Waals surface area contributed by atoms with Crippen LogP contribution >= 0.6 is 0 Å². The molecule has 0 bridgehead atoms. The lowest BCUT2D eigenvalue weighted by Gasteiger charge is -2.37. The van der Waals surface area contributed by atoms with Crippen LogP contribution in [0.15, 0.2) is 52.7 Å². The monoisotopic (exact) mass is 353 g/mol. The van der Waals surface area contributed by atoms with E-state index in [1.807, 2.05) is 31.2 Å². The van der Waals surface area contributed by atoms with E-state index in [1.54, 1.807) is 0 Å². The number of hydrogen-bond acceptors (Lipinski definition) is 3. The first kappa shape index (κ1) is 17.4. The van der Waals surface area contributed by atoms with Crippen molar-refractivity contribution in [3.05, 3.63) is 69.3 Å². The molecule has 0 aromatic heterocycles. The van der Waals surface area contributed by atoms with Crippen molar-refractivity contribution < 1.29 is 0 Å². The molecule has 3 heteroatoms. The van der Waals surface area contributed by atoms with Gasteiger partial charge >= 0.3 is 0 Å². The quantitative estimate of drug-likeness (QED) is 0.702. The van der Waals surface area contributed by atoms with Crippen LogP contribution in [0, 0.1) is 22.7 Å². The summed E-state index contributed by atoms with van der Waals surface area (Å²) in [5, 5.41) is 18.3. The van der Waals surface area contributed by atoms with Crippen LogP contribution < -0.4 is 4.90 Å². The lowest BCUT2D eigenvalue weighted by atomic mass is 9.89. The van der Waals surface area contributed by atoms with Crippen molar-refractivity contribution in [1.82, 2.24) is 0 Å². The third kappa shape index (κ3) is 3.46. The van der Waals surface area contributed by atoms with Gasteiger partial charge in [0.15, 0.2) is 0 Å². The summed E-state index contributed by atoms with van der Waals surface area (Å²) in [5.74, 6) is 0. The van der Waals surface area contributed by atoms with E-state index in [1.165, 1.54) is 66.7 Å². The Kier molecular flexibility index (Phi) is 4.69. The maximum atomic E-state index is 9.14. The fraction of sp³-hybridized carbons (Fsp3) is 0.333. The Balaban J connectivity index is 1.65. The zero-order chi connectivity index (χ0) is 18.8. The number of hydrogen-bond donors (Lipinski definition) is 0. The van der Waals surface area contributed by atoms with Gasteiger partial charge in [0.2, 0.25) is 0 Å². The molecule has 1 aromatic rings. The molecular weight excluding hydrogens is 330 g/mol. The van der Waals surface area contributed by atoms with Gasteiger partial charge in [-0.3, -0.25) is 0 Å². The average molecular weight is 353 g/mol. The molecule has 27 heavy (non-hydrogen) atoms. The Hall–Kier alpha value is -3.04. The SMILES string of the molecule is CC1=CC(=C(C#N)C#N)C=C(/C=C/c2cc3c4c(c2)CCCN4CCC3)C1. The van der Waals surface area contributed by atoms with Crippen molar-refractivity contribution in [3.8, 4) is 12.1 Å². The van der Waals surface area contributed by atoms with E-state index in [2.05, 4.69) is 29.2 Å². The number of aryl methyl sites for hydroxylation is 2. The first-order chi connectivity index (χ1) is 13.2. The van der Waals surface area contributed by atoms with E-state index in [0.29, 0.717) is 0 Å². The molecule has 4 rings (SSSR count). The second-order valence-corrected chi connectivity index (χ2v) is 7.66. The molecule has 1 aliphatic carbocycles. The van der Waals surface area contributed by atoms with Gasteiger partial charge in [0, 0.05) is 24.4 Å². The summed E-state index contributed by atoms with van der Waals surface area (Å²) in [5.41, 5.74) is 8.95. The van der Waals surface area contributed by atoms with Crippen LogP contribution in [0.5, 0.6) is 0 Å². The van der Waals surface area contributed by atoms with Gasteiger partial charge in [0.25, 0.3) is 0 Å². The highest BCUT2D eigenvalue weighted by Gasteiger charge is 2.23. The molecule has 0 amide bonds. The number of anilines is 1. The summed E-state index contributed by atoms with van der Waals surface area (Å²) in [4.78, 5) is 2.56. The maximum absolute atomic E-state index is 9.14. The van der Waals surface area contributed by atoms with Crippen LogP contribution in [0.3, 0.4) is 0 Å². The molecule has 1 aromatic carbocycles. The molecule has 0 unspecified atom stereocenters. The van der Waals surface area contributed by atoms with Crippen molar-refractivity contribution in [2.24, 2.45) is 0 Å². The third-order valence-electron chi connectivity index (χ3n) is 5.58. The van der Waals surface area contributed by atoms with E-state index >= 15 is 0 Å². The predicted octanol–water partition coefficient (Wildman–Crippen LogP) is 5.02. The van der Waals surface area contributed by atoms with Crippen LogP contribution in [-0.2, 0) is 12.8 Å². The second kappa shape index (κ2) is 7.29. The van der Waals surface area contributed by atoms with Crippen molar-refractivity contribution in [3.63, 3.8) is 0 Å². The Morgan fingerprint density at radius 3 is 2.30 bits per heavy atom. The number of nitriles is 2. The fourth-order valence-electron chi connectivity index (χ4n) is 4.47. The number of nitrogens with zero attached hydrogens (tertiary/aromatic N) is 3. The minimum atomic E-state index is 0.179. The average Bonchev–Trinajstić information content (AvgIpc) is 2.67. The fourth-order valence-corrected chi connectivity index (χ4v) is 4.47. The second-order valence-electron chi connectivity index (χ2n) is 7.66. The summed E-state index contributed by atoms with van der Waals surface area (Å²) < 4.78 is 0. The van der Waals surface area contributed by atoms with Gasteiger partial charge < -0.3 is 4.90 Å². The topological polar surface area (TPSA) is 50.8 Å². The number of benzene rings is 1. The molecule has 2 aliphatic heterocycles. The molecule has 0 saturated carbocycles. The minimum absolute atomic E-state index is 0.179. The lowest BCUT2D eigenvalue weighted by Crippen LogP contribution is -2.34. The van der Waals surface area contributed by atoms with Crippen molar-refractivity contribution in [2.45, 2.75) is 39.0 Å². The van der Waals surface area contributed by atoms with Gasteiger partial charge in [0.05, 0.1) is 0 Å². The van der Waals surface area contributed by atoms with Crippen LogP contribution in [0.4, 0.5) is 5.69 Å². The van der Waals surface area contributed by atoms with Crippen molar-refractivity contribution >= 4 is 11.8 Å². The van der Waals surface area contributed by atoms with Crippen LogP contribution in [0.25, 0.3) is 6.08 Å². The van der Waals surface area contributed by atoms with Crippen molar-refractivity contribution in [1.29, 1.82) is 10.5 Å². The molecule has 0 N–H and O–H groups in total. The summed E-state index contributed by atoms with van der Waals surface area (Å²) in [7, 11) is 0. The first-order valence-corrected chi connectivity index (χ1v) is 9.69. The summed E-state index contributed by atoms with van der Waals surface area (Å²) in [6, 6.07) is 8.67. The highest BCUT2D eigenvalue weighted by atomic mass is 15.1. The van der Waals surface area contributed by atoms with E-state index in [9.17, 15) is 0 Å². The zero-order valence-corrected chi connectivity index (χ0v) is 15.8. The highest BCUT2D eigenvalue weighted by molar-refractivity contribution is 5.69. The van der Waals surface area contributed by atoms with Gasteiger partial charge in [-0.05, 0) is 79.5 Å². The lowest BCUT2D eigenvalue weighted by molar-refractivity contribution is 0.634. The molecule has 0 radical (unpaired) electrons. The molecule has 3 aliphatic rings. The molecule has 134 valence electrons. The van der Waals surface area contributed by atoms with Gasteiger partial charge in [0.1, 0.15) is 17.7 Å². The Bertz CT molecular complexity index is 942. The van der Waals surface area contributed by atoms with Gasteiger partial charge in [-0.15, -0.1) is 0 Å². The summed E-state index contributed by atoms with van der Waals surface area (Å²) >= 11 is 0. The standard InChI is InChI=1S/C24H23N3/c1-17-10-18(14-22(11-17)23(15-25)16-26)6-7-19-12-20-4-2-8-27-9-3-5-21(13-19)24(20)27/h6-7,11-14H,2-5,8-10H2,1H3/b7-6+. The zero-order valence-electron chi connectivity index (χ0n) is 15.8. The minimum Gasteiger partial charge on any atom is -0.371 e. The Morgan fingerprint density at radius 2 is 1.67 bits per heavy atom. The Labute approximate surface area is 161 Å². The smallest absolute Gasteiger partial charge is 0.136 e. The molecule has 2 heterocycles. The summed E-state index contributed by atoms with van der Waals surface area (Å²) in [6.45, 7) is 4.44.